The molecular weight excluding hydrogens is 226 g/mol. The Morgan fingerprint density at radius 1 is 1.44 bits per heavy atom. The van der Waals surface area contributed by atoms with Gasteiger partial charge in [0.25, 0.3) is 10.1 Å². The van der Waals surface area contributed by atoms with Crippen LogP contribution >= 0.6 is 0 Å². The van der Waals surface area contributed by atoms with Gasteiger partial charge in [-0.3, -0.25) is 4.55 Å². The summed E-state index contributed by atoms with van der Waals surface area (Å²) in [6, 6.07) is 0. The second-order valence-corrected chi connectivity index (χ2v) is 6.11. The lowest BCUT2D eigenvalue weighted by Crippen LogP contribution is -2.31. The van der Waals surface area contributed by atoms with E-state index in [9.17, 15) is 8.42 Å². The number of unbranched alkanes of at least 4 members (excludes halogenated alkanes) is 1. The van der Waals surface area contributed by atoms with Crippen molar-refractivity contribution in [1.82, 2.24) is 4.90 Å². The summed E-state index contributed by atoms with van der Waals surface area (Å²) in [6.07, 6.45) is 7.86. The molecule has 1 rings (SSSR count). The maximum atomic E-state index is 9.19. The van der Waals surface area contributed by atoms with E-state index in [0.29, 0.717) is 6.26 Å². The molecule has 1 saturated heterocycles. The third kappa shape index (κ3) is 11.9. The maximum absolute atomic E-state index is 9.19. The highest BCUT2D eigenvalue weighted by Gasteiger charge is 2.15. The van der Waals surface area contributed by atoms with Crippen molar-refractivity contribution in [2.24, 2.45) is 5.92 Å². The first-order chi connectivity index (χ1) is 7.33. The Hall–Kier alpha value is -0.130. The van der Waals surface area contributed by atoms with Crippen LogP contribution in [0.1, 0.15) is 39.0 Å². The summed E-state index contributed by atoms with van der Waals surface area (Å²) in [5, 5.41) is 0. The molecule has 1 fully saturated rings. The predicted octanol–water partition coefficient (Wildman–Crippen LogP) is 2.02. The summed E-state index contributed by atoms with van der Waals surface area (Å²) in [6.45, 7) is 4.95. The number of nitrogens with zero attached hydrogens (tertiary/aromatic N) is 1. The fourth-order valence-electron chi connectivity index (χ4n) is 2.00. The van der Waals surface area contributed by atoms with Gasteiger partial charge in [0.15, 0.2) is 0 Å². The van der Waals surface area contributed by atoms with Crippen LogP contribution in [-0.4, -0.2) is 44.3 Å². The highest BCUT2D eigenvalue weighted by molar-refractivity contribution is 7.85. The minimum atomic E-state index is -3.67. The molecule has 4 nitrogen and oxygen atoms in total. The summed E-state index contributed by atoms with van der Waals surface area (Å²) in [5.41, 5.74) is 0. The van der Waals surface area contributed by atoms with Gasteiger partial charge in [-0.25, -0.2) is 0 Å². The lowest BCUT2D eigenvalue weighted by atomic mass is 9.93. The minimum absolute atomic E-state index is 0.715. The van der Waals surface area contributed by atoms with Crippen molar-refractivity contribution in [2.75, 3.05) is 26.4 Å². The van der Waals surface area contributed by atoms with E-state index >= 15 is 0 Å². The fourth-order valence-corrected chi connectivity index (χ4v) is 2.00. The van der Waals surface area contributed by atoms with Gasteiger partial charge in [-0.2, -0.15) is 8.42 Å². The summed E-state index contributed by atoms with van der Waals surface area (Å²) in [5.74, 6) is 1.01. The number of hydrogen-bond donors (Lipinski definition) is 1. The van der Waals surface area contributed by atoms with Gasteiger partial charge in [0, 0.05) is 6.54 Å². The molecule has 1 aliphatic heterocycles. The Balaban J connectivity index is 0.000000385. The van der Waals surface area contributed by atoms with Crippen LogP contribution in [0.15, 0.2) is 0 Å². The molecule has 16 heavy (non-hydrogen) atoms. The molecule has 0 radical (unpaired) electrons. The Kier molecular flexibility index (Phi) is 7.97. The van der Waals surface area contributed by atoms with Gasteiger partial charge in [-0.1, -0.05) is 19.8 Å². The van der Waals surface area contributed by atoms with Crippen LogP contribution in [0.4, 0.5) is 0 Å². The Morgan fingerprint density at radius 3 is 2.44 bits per heavy atom. The fraction of sp³-hybridized carbons (Fsp3) is 1.00. The highest BCUT2D eigenvalue weighted by Crippen LogP contribution is 2.20. The minimum Gasteiger partial charge on any atom is -0.306 e. The predicted molar refractivity (Wildman–Crippen MR) is 67.2 cm³/mol. The molecule has 1 heterocycles. The SMILES string of the molecule is CCCCC1CCCN(C)C1.CS(=O)(=O)O. The van der Waals surface area contributed by atoms with Crippen molar-refractivity contribution in [3.05, 3.63) is 0 Å². The molecule has 0 aromatic rings. The molecule has 98 valence electrons. The van der Waals surface area contributed by atoms with Crippen molar-refractivity contribution in [1.29, 1.82) is 0 Å². The average molecular weight is 251 g/mol. The first-order valence-electron chi connectivity index (χ1n) is 5.94. The van der Waals surface area contributed by atoms with Crippen molar-refractivity contribution in [2.45, 2.75) is 39.0 Å². The van der Waals surface area contributed by atoms with Crippen molar-refractivity contribution in [3.63, 3.8) is 0 Å². The van der Waals surface area contributed by atoms with Gasteiger partial charge in [-0.15, -0.1) is 0 Å². The first kappa shape index (κ1) is 15.9. The largest absolute Gasteiger partial charge is 0.306 e. The molecule has 0 spiro atoms. The molecule has 0 aliphatic carbocycles. The summed E-state index contributed by atoms with van der Waals surface area (Å²) in [4.78, 5) is 2.48. The van der Waals surface area contributed by atoms with Crippen molar-refractivity contribution >= 4 is 10.1 Å². The lowest BCUT2D eigenvalue weighted by molar-refractivity contribution is 0.200. The van der Waals surface area contributed by atoms with Crippen LogP contribution in [0.3, 0.4) is 0 Å². The molecule has 0 bridgehead atoms. The number of hydrogen-bond acceptors (Lipinski definition) is 3. The second-order valence-electron chi connectivity index (χ2n) is 4.65. The second kappa shape index (κ2) is 8.03. The van der Waals surface area contributed by atoms with Crippen LogP contribution in [-0.2, 0) is 10.1 Å². The molecule has 0 saturated carbocycles. The van der Waals surface area contributed by atoms with Gasteiger partial charge < -0.3 is 4.90 Å². The molecule has 1 N–H and O–H groups in total. The van der Waals surface area contributed by atoms with Gasteiger partial charge >= 0.3 is 0 Å². The zero-order valence-corrected chi connectivity index (χ0v) is 11.5. The molecule has 0 aromatic carbocycles. The van der Waals surface area contributed by atoms with Crippen molar-refractivity contribution < 1.29 is 13.0 Å². The van der Waals surface area contributed by atoms with E-state index in [1.54, 1.807) is 0 Å². The normalized spacial score (nSPS) is 22.4. The van der Waals surface area contributed by atoms with E-state index < -0.39 is 10.1 Å². The standard InChI is InChI=1S/C10H21N.CH4O3S/c1-3-4-6-10-7-5-8-11(2)9-10;1-5(2,3)4/h10H,3-9H2,1-2H3;1H3,(H,2,3,4). The molecule has 1 aliphatic rings. The third-order valence-corrected chi connectivity index (χ3v) is 2.69. The van der Waals surface area contributed by atoms with Crippen LogP contribution in [0, 0.1) is 5.92 Å². The van der Waals surface area contributed by atoms with Gasteiger partial charge in [0.05, 0.1) is 6.26 Å². The van der Waals surface area contributed by atoms with E-state index in [0.717, 1.165) is 5.92 Å². The zero-order chi connectivity index (χ0) is 12.6. The van der Waals surface area contributed by atoms with Gasteiger partial charge in [-0.05, 0) is 38.8 Å². The lowest BCUT2D eigenvalue weighted by Gasteiger charge is -2.29. The summed E-state index contributed by atoms with van der Waals surface area (Å²) in [7, 11) is -1.42. The van der Waals surface area contributed by atoms with E-state index in [4.69, 9.17) is 4.55 Å². The molecule has 1 unspecified atom stereocenters. The molecule has 0 aromatic heterocycles. The van der Waals surface area contributed by atoms with E-state index in [2.05, 4.69) is 18.9 Å². The van der Waals surface area contributed by atoms with Crippen LogP contribution in [0.2, 0.25) is 0 Å². The summed E-state index contributed by atoms with van der Waals surface area (Å²) < 4.78 is 25.9. The monoisotopic (exact) mass is 251 g/mol. The highest BCUT2D eigenvalue weighted by atomic mass is 32.2. The van der Waals surface area contributed by atoms with Gasteiger partial charge in [0.2, 0.25) is 0 Å². The average Bonchev–Trinajstić information content (AvgIpc) is 2.12. The molecular formula is C11H25NO3S. The van der Waals surface area contributed by atoms with Crippen molar-refractivity contribution in [3.8, 4) is 0 Å². The number of rotatable bonds is 3. The Morgan fingerprint density at radius 2 is 2.00 bits per heavy atom. The van der Waals surface area contributed by atoms with Crippen LogP contribution in [0.25, 0.3) is 0 Å². The third-order valence-electron chi connectivity index (χ3n) is 2.69. The summed E-state index contributed by atoms with van der Waals surface area (Å²) >= 11 is 0. The molecule has 5 heteroatoms. The van der Waals surface area contributed by atoms with Gasteiger partial charge in [0.1, 0.15) is 0 Å². The topological polar surface area (TPSA) is 57.6 Å². The first-order valence-corrected chi connectivity index (χ1v) is 7.78. The van der Waals surface area contributed by atoms with E-state index in [1.165, 1.54) is 45.2 Å². The van der Waals surface area contributed by atoms with E-state index in [1.807, 2.05) is 0 Å². The zero-order valence-electron chi connectivity index (χ0n) is 10.6. The quantitative estimate of drug-likeness (QED) is 0.780. The smallest absolute Gasteiger partial charge is 0.261 e. The molecule has 1 atom stereocenters. The Bertz CT molecular complexity index is 256. The van der Waals surface area contributed by atoms with E-state index in [-0.39, 0.29) is 0 Å². The number of piperidine rings is 1. The van der Waals surface area contributed by atoms with Crippen LogP contribution < -0.4 is 0 Å². The van der Waals surface area contributed by atoms with Crippen LogP contribution in [0.5, 0.6) is 0 Å². The molecule has 0 amide bonds. The maximum Gasteiger partial charge on any atom is 0.261 e. The Labute approximate surface area is 99.8 Å². The number of likely N-dealkylation sites (tertiary alicyclic amines) is 1.